The van der Waals surface area contributed by atoms with Gasteiger partial charge in [-0.1, -0.05) is 0 Å². The minimum absolute atomic E-state index is 0.113. The van der Waals surface area contributed by atoms with Gasteiger partial charge in [0.15, 0.2) is 10.8 Å². The van der Waals surface area contributed by atoms with Crippen LogP contribution < -0.4 is 0 Å². The van der Waals surface area contributed by atoms with Gasteiger partial charge in [-0.25, -0.2) is 8.42 Å². The molecule has 0 atom stereocenters. The Hall–Kier alpha value is -1.25. The van der Waals surface area contributed by atoms with Gasteiger partial charge in [0.25, 0.3) is 10.0 Å². The fourth-order valence-corrected chi connectivity index (χ4v) is 5.15. The lowest BCUT2D eigenvalue weighted by molar-refractivity contribution is -0.117. The highest BCUT2D eigenvalue weighted by Crippen LogP contribution is 2.40. The molecule has 8 heteroatoms. The summed E-state index contributed by atoms with van der Waals surface area (Å²) in [6.07, 6.45) is 3.75. The zero-order valence-electron chi connectivity index (χ0n) is 13.2. The van der Waals surface area contributed by atoms with Crippen molar-refractivity contribution < 1.29 is 17.9 Å². The standard InChI is InChI=1S/C15H21N3O4S/c1-17-14(8-13(16-17)11-2-3-11)23(20,21)18-6-4-15(5-7-18)9-12(19)10-22-15/h8,11H,2-7,9-10H2,1H3. The molecule has 1 aromatic rings. The van der Waals surface area contributed by atoms with Gasteiger partial charge in [0.05, 0.1) is 11.3 Å². The molecule has 126 valence electrons. The smallest absolute Gasteiger partial charge is 0.260 e. The fourth-order valence-electron chi connectivity index (χ4n) is 3.57. The van der Waals surface area contributed by atoms with Crippen LogP contribution in [0.5, 0.6) is 0 Å². The van der Waals surface area contributed by atoms with E-state index in [4.69, 9.17) is 4.74 Å². The van der Waals surface area contributed by atoms with Gasteiger partial charge in [0.2, 0.25) is 0 Å². The number of nitrogens with zero attached hydrogens (tertiary/aromatic N) is 3. The van der Waals surface area contributed by atoms with Crippen LogP contribution in [0.2, 0.25) is 0 Å². The molecule has 2 saturated heterocycles. The first-order chi connectivity index (χ1) is 10.9. The van der Waals surface area contributed by atoms with E-state index in [1.807, 2.05) is 0 Å². The van der Waals surface area contributed by atoms with E-state index < -0.39 is 15.6 Å². The summed E-state index contributed by atoms with van der Waals surface area (Å²) >= 11 is 0. The number of Topliss-reactive ketones (excluding diaryl/α,β-unsaturated/α-hetero) is 1. The van der Waals surface area contributed by atoms with Crippen LogP contribution in [0.4, 0.5) is 0 Å². The van der Waals surface area contributed by atoms with E-state index in [1.165, 1.54) is 8.99 Å². The second kappa shape index (κ2) is 5.12. The number of sulfonamides is 1. The molecule has 0 aromatic carbocycles. The number of carbonyl (C=O) groups is 1. The Labute approximate surface area is 135 Å². The molecule has 2 aliphatic heterocycles. The van der Waals surface area contributed by atoms with E-state index in [0.29, 0.717) is 38.3 Å². The van der Waals surface area contributed by atoms with Crippen molar-refractivity contribution >= 4 is 15.8 Å². The molecule has 23 heavy (non-hydrogen) atoms. The molecule has 0 bridgehead atoms. The maximum absolute atomic E-state index is 12.9. The lowest BCUT2D eigenvalue weighted by Gasteiger charge is -2.37. The molecule has 7 nitrogen and oxygen atoms in total. The van der Waals surface area contributed by atoms with Crippen LogP contribution in [0.1, 0.15) is 43.7 Å². The molecule has 4 rings (SSSR count). The third-order valence-electron chi connectivity index (χ3n) is 5.15. The Bertz CT molecular complexity index is 743. The van der Waals surface area contributed by atoms with E-state index in [0.717, 1.165) is 18.5 Å². The molecule has 0 amide bonds. The van der Waals surface area contributed by atoms with Crippen molar-refractivity contribution in [1.29, 1.82) is 0 Å². The molecule has 0 N–H and O–H groups in total. The van der Waals surface area contributed by atoms with Gasteiger partial charge in [0.1, 0.15) is 6.61 Å². The van der Waals surface area contributed by atoms with Gasteiger partial charge >= 0.3 is 0 Å². The summed E-state index contributed by atoms with van der Waals surface area (Å²) in [6, 6.07) is 1.72. The maximum Gasteiger partial charge on any atom is 0.260 e. The van der Waals surface area contributed by atoms with Gasteiger partial charge in [0, 0.05) is 38.5 Å². The number of ether oxygens (including phenoxy) is 1. The summed E-state index contributed by atoms with van der Waals surface area (Å²) in [5.41, 5.74) is 0.443. The van der Waals surface area contributed by atoms with Gasteiger partial charge < -0.3 is 4.74 Å². The summed E-state index contributed by atoms with van der Waals surface area (Å²) in [4.78, 5) is 11.5. The highest BCUT2D eigenvalue weighted by atomic mass is 32.2. The Morgan fingerprint density at radius 2 is 2.00 bits per heavy atom. The molecule has 1 aliphatic carbocycles. The highest BCUT2D eigenvalue weighted by Gasteiger charge is 2.45. The van der Waals surface area contributed by atoms with Gasteiger partial charge in [-0.05, 0) is 25.7 Å². The van der Waals surface area contributed by atoms with Gasteiger partial charge in [-0.2, -0.15) is 9.40 Å². The number of aryl methyl sites for hydroxylation is 1. The largest absolute Gasteiger partial charge is 0.367 e. The van der Waals surface area contributed by atoms with E-state index >= 15 is 0 Å². The van der Waals surface area contributed by atoms with Crippen molar-refractivity contribution in [3.63, 3.8) is 0 Å². The van der Waals surface area contributed by atoms with E-state index in [1.54, 1.807) is 13.1 Å². The molecular formula is C15H21N3O4S. The van der Waals surface area contributed by atoms with E-state index in [-0.39, 0.29) is 17.4 Å². The predicted octanol–water partition coefficient (Wildman–Crippen LogP) is 0.810. The zero-order valence-corrected chi connectivity index (χ0v) is 14.0. The highest BCUT2D eigenvalue weighted by molar-refractivity contribution is 7.89. The Morgan fingerprint density at radius 3 is 2.57 bits per heavy atom. The second-order valence-electron chi connectivity index (χ2n) is 6.90. The summed E-state index contributed by atoms with van der Waals surface area (Å²) in [5.74, 6) is 0.537. The van der Waals surface area contributed by atoms with Gasteiger partial charge in [-0.15, -0.1) is 0 Å². The molecule has 0 radical (unpaired) electrons. The lowest BCUT2D eigenvalue weighted by atomic mass is 9.89. The summed E-state index contributed by atoms with van der Waals surface area (Å²) in [6.45, 7) is 0.943. The molecule has 1 spiro atoms. The van der Waals surface area contributed by atoms with Crippen molar-refractivity contribution in [2.75, 3.05) is 19.7 Å². The van der Waals surface area contributed by atoms with Gasteiger partial charge in [-0.3, -0.25) is 9.48 Å². The number of ketones is 1. The first kappa shape index (κ1) is 15.3. The van der Waals surface area contributed by atoms with Crippen LogP contribution in [0.15, 0.2) is 11.1 Å². The lowest BCUT2D eigenvalue weighted by Crippen LogP contribution is -2.46. The Balaban J connectivity index is 1.52. The average molecular weight is 339 g/mol. The van der Waals surface area contributed by atoms with Crippen LogP contribution in [0.3, 0.4) is 0 Å². The van der Waals surface area contributed by atoms with Crippen LogP contribution in [0, 0.1) is 0 Å². The van der Waals surface area contributed by atoms with Crippen LogP contribution >= 0.6 is 0 Å². The second-order valence-corrected chi connectivity index (χ2v) is 8.78. The van der Waals surface area contributed by atoms with Crippen molar-refractivity contribution in [2.45, 2.75) is 48.6 Å². The minimum atomic E-state index is -3.54. The van der Waals surface area contributed by atoms with Crippen LogP contribution in [-0.4, -0.2) is 53.6 Å². The number of piperidine rings is 1. The first-order valence-electron chi connectivity index (χ1n) is 8.09. The molecule has 3 aliphatic rings. The number of hydrogen-bond acceptors (Lipinski definition) is 5. The number of rotatable bonds is 3. The van der Waals surface area contributed by atoms with Crippen molar-refractivity contribution in [2.24, 2.45) is 7.05 Å². The Morgan fingerprint density at radius 1 is 1.30 bits per heavy atom. The zero-order chi connectivity index (χ0) is 16.2. The van der Waals surface area contributed by atoms with Crippen LogP contribution in [-0.2, 0) is 26.6 Å². The predicted molar refractivity (Wildman–Crippen MR) is 81.5 cm³/mol. The topological polar surface area (TPSA) is 81.5 Å². The SMILES string of the molecule is Cn1nc(C2CC2)cc1S(=O)(=O)N1CCC2(CC1)CC(=O)CO2. The number of carbonyl (C=O) groups excluding carboxylic acids is 1. The normalized spacial score (nSPS) is 25.3. The van der Waals surface area contributed by atoms with Crippen molar-refractivity contribution in [3.8, 4) is 0 Å². The quantitative estimate of drug-likeness (QED) is 0.814. The number of hydrogen-bond donors (Lipinski definition) is 0. The molecule has 1 saturated carbocycles. The summed E-state index contributed by atoms with van der Waals surface area (Å²) < 4.78 is 34.4. The molecule has 1 aromatic heterocycles. The third kappa shape index (κ3) is 2.62. The monoisotopic (exact) mass is 339 g/mol. The molecular weight excluding hydrogens is 318 g/mol. The first-order valence-corrected chi connectivity index (χ1v) is 9.53. The molecule has 0 unspecified atom stereocenters. The third-order valence-corrected chi connectivity index (χ3v) is 7.10. The van der Waals surface area contributed by atoms with Crippen LogP contribution in [0.25, 0.3) is 0 Å². The fraction of sp³-hybridized carbons (Fsp3) is 0.733. The Kier molecular flexibility index (Phi) is 3.40. The maximum atomic E-state index is 12.9. The van der Waals surface area contributed by atoms with E-state index in [9.17, 15) is 13.2 Å². The summed E-state index contributed by atoms with van der Waals surface area (Å²) in [7, 11) is -1.86. The molecule has 3 fully saturated rings. The van der Waals surface area contributed by atoms with E-state index in [2.05, 4.69) is 5.10 Å². The minimum Gasteiger partial charge on any atom is -0.367 e. The average Bonchev–Trinajstić information content (AvgIpc) is 3.19. The summed E-state index contributed by atoms with van der Waals surface area (Å²) in [5, 5.41) is 4.62. The number of aromatic nitrogens is 2. The molecule has 3 heterocycles. The van der Waals surface area contributed by atoms with Crippen molar-refractivity contribution in [1.82, 2.24) is 14.1 Å². The van der Waals surface area contributed by atoms with Crippen molar-refractivity contribution in [3.05, 3.63) is 11.8 Å².